The van der Waals surface area contributed by atoms with Gasteiger partial charge in [-0.25, -0.2) is 9.59 Å². The lowest BCUT2D eigenvalue weighted by Gasteiger charge is -2.46. The summed E-state index contributed by atoms with van der Waals surface area (Å²) in [5.74, 6) is 0.317. The van der Waals surface area contributed by atoms with Crippen LogP contribution in [0, 0.1) is 0 Å². The highest BCUT2D eigenvalue weighted by Gasteiger charge is 2.42. The van der Waals surface area contributed by atoms with Crippen LogP contribution in [0.15, 0.2) is 60.8 Å². The second-order valence-corrected chi connectivity index (χ2v) is 8.31. The summed E-state index contributed by atoms with van der Waals surface area (Å²) in [6, 6.07) is 16.9. The van der Waals surface area contributed by atoms with Gasteiger partial charge in [0.2, 0.25) is 0 Å². The molecule has 0 aliphatic carbocycles. The van der Waals surface area contributed by atoms with Crippen molar-refractivity contribution < 1.29 is 19.1 Å². The molecular weight excluding hydrogens is 420 g/mol. The molecule has 0 saturated carbocycles. The van der Waals surface area contributed by atoms with Gasteiger partial charge in [0.1, 0.15) is 5.75 Å². The Bertz CT molecular complexity index is 1210. The number of amides is 2. The number of hydrogen-bond donors (Lipinski definition) is 2. The van der Waals surface area contributed by atoms with Gasteiger partial charge in [0.05, 0.1) is 42.4 Å². The van der Waals surface area contributed by atoms with Crippen molar-refractivity contribution in [1.29, 1.82) is 0 Å². The van der Waals surface area contributed by atoms with E-state index in [4.69, 9.17) is 9.47 Å². The normalized spacial score (nSPS) is 15.8. The zero-order valence-electron chi connectivity index (χ0n) is 18.6. The van der Waals surface area contributed by atoms with E-state index in [-0.39, 0.29) is 11.6 Å². The monoisotopic (exact) mass is 446 g/mol. The highest BCUT2D eigenvalue weighted by Crippen LogP contribution is 2.44. The van der Waals surface area contributed by atoms with Gasteiger partial charge in [0.15, 0.2) is 0 Å². The molecule has 1 spiro atoms. The van der Waals surface area contributed by atoms with E-state index in [1.54, 1.807) is 36.3 Å². The molecule has 1 saturated heterocycles. The van der Waals surface area contributed by atoms with Crippen LogP contribution in [0.1, 0.15) is 28.9 Å². The second kappa shape index (κ2) is 8.20. The molecule has 0 radical (unpaired) electrons. The standard InChI is InChI=1S/C25H26N4O4/c1-32-17-9-10-21-20(16-17)27-25(22-8-5-13-29(21)22)11-14-28(15-12-25)24(31)26-19-7-4-3-6-18(19)23(30)33-2/h3-10,13,16,27H,11-12,14-15H2,1-2H3,(H,26,31). The first-order valence-corrected chi connectivity index (χ1v) is 10.9. The van der Waals surface area contributed by atoms with E-state index in [0.717, 1.165) is 30.0 Å². The lowest BCUT2D eigenvalue weighted by Crippen LogP contribution is -2.51. The zero-order valence-corrected chi connectivity index (χ0v) is 18.6. The van der Waals surface area contributed by atoms with Gasteiger partial charge in [-0.15, -0.1) is 0 Å². The number of ether oxygens (including phenoxy) is 2. The molecule has 2 N–H and O–H groups in total. The third-order valence-electron chi connectivity index (χ3n) is 6.55. The van der Waals surface area contributed by atoms with Crippen molar-refractivity contribution in [3.05, 3.63) is 72.1 Å². The number of likely N-dealkylation sites (tertiary alicyclic amines) is 1. The number of anilines is 2. The topological polar surface area (TPSA) is 84.8 Å². The van der Waals surface area contributed by atoms with E-state index >= 15 is 0 Å². The van der Waals surface area contributed by atoms with Crippen LogP contribution in [0.3, 0.4) is 0 Å². The second-order valence-electron chi connectivity index (χ2n) is 8.31. The molecule has 2 amide bonds. The molecule has 1 aromatic heterocycles. The Morgan fingerprint density at radius 3 is 2.58 bits per heavy atom. The smallest absolute Gasteiger partial charge is 0.339 e. The van der Waals surface area contributed by atoms with Crippen LogP contribution >= 0.6 is 0 Å². The average Bonchev–Trinajstić information content (AvgIpc) is 3.35. The summed E-state index contributed by atoms with van der Waals surface area (Å²) in [6.07, 6.45) is 3.57. The molecule has 2 aromatic carbocycles. The number of carbonyl (C=O) groups excluding carboxylic acids is 2. The fourth-order valence-electron chi connectivity index (χ4n) is 4.80. The number of nitrogens with one attached hydrogen (secondary N) is 2. The number of rotatable bonds is 3. The molecule has 3 heterocycles. The maximum Gasteiger partial charge on any atom is 0.339 e. The lowest BCUT2D eigenvalue weighted by atomic mass is 9.82. The zero-order chi connectivity index (χ0) is 23.0. The summed E-state index contributed by atoms with van der Waals surface area (Å²) >= 11 is 0. The molecule has 2 aliphatic rings. The Labute approximate surface area is 192 Å². The van der Waals surface area contributed by atoms with Crippen molar-refractivity contribution in [3.63, 3.8) is 0 Å². The Hall–Kier alpha value is -3.94. The molecule has 1 fully saturated rings. The van der Waals surface area contributed by atoms with E-state index in [2.05, 4.69) is 39.6 Å². The number of piperidine rings is 1. The first-order chi connectivity index (χ1) is 16.0. The average molecular weight is 447 g/mol. The summed E-state index contributed by atoms with van der Waals surface area (Å²) in [4.78, 5) is 26.8. The predicted molar refractivity (Wildman–Crippen MR) is 125 cm³/mol. The van der Waals surface area contributed by atoms with Gasteiger partial charge in [0.25, 0.3) is 0 Å². The van der Waals surface area contributed by atoms with Crippen LogP contribution < -0.4 is 15.4 Å². The minimum atomic E-state index is -0.482. The molecular formula is C25H26N4O4. The van der Waals surface area contributed by atoms with E-state index in [1.807, 2.05) is 12.1 Å². The molecule has 8 heteroatoms. The highest BCUT2D eigenvalue weighted by molar-refractivity contribution is 6.00. The van der Waals surface area contributed by atoms with E-state index in [1.165, 1.54) is 12.8 Å². The summed E-state index contributed by atoms with van der Waals surface area (Å²) in [5.41, 5.74) is 3.79. The number of benzene rings is 2. The molecule has 0 bridgehead atoms. The van der Waals surface area contributed by atoms with Crippen molar-refractivity contribution >= 4 is 23.4 Å². The fraction of sp³-hybridized carbons (Fsp3) is 0.280. The molecule has 170 valence electrons. The minimum Gasteiger partial charge on any atom is -0.497 e. The highest BCUT2D eigenvalue weighted by atomic mass is 16.5. The van der Waals surface area contributed by atoms with Gasteiger partial charge in [-0.2, -0.15) is 0 Å². The van der Waals surface area contributed by atoms with Crippen LogP contribution in [-0.4, -0.2) is 48.8 Å². The minimum absolute atomic E-state index is 0.227. The van der Waals surface area contributed by atoms with Gasteiger partial charge < -0.3 is 29.6 Å². The van der Waals surface area contributed by atoms with Gasteiger partial charge in [0, 0.05) is 31.0 Å². The molecule has 2 aliphatic heterocycles. The van der Waals surface area contributed by atoms with E-state index in [9.17, 15) is 9.59 Å². The van der Waals surface area contributed by atoms with Gasteiger partial charge in [-0.05, 0) is 49.2 Å². The van der Waals surface area contributed by atoms with Gasteiger partial charge in [-0.3, -0.25) is 0 Å². The Morgan fingerprint density at radius 1 is 1.03 bits per heavy atom. The SMILES string of the molecule is COC(=O)c1ccccc1NC(=O)N1CCC2(CC1)Nc1cc(OC)ccc1-n1cccc12. The van der Waals surface area contributed by atoms with Crippen LogP contribution in [0.25, 0.3) is 5.69 Å². The maximum absolute atomic E-state index is 13.0. The van der Waals surface area contributed by atoms with Crippen molar-refractivity contribution in [2.45, 2.75) is 18.4 Å². The third-order valence-corrected chi connectivity index (χ3v) is 6.55. The largest absolute Gasteiger partial charge is 0.497 e. The number of carbonyl (C=O) groups is 2. The molecule has 0 atom stereocenters. The van der Waals surface area contributed by atoms with Crippen molar-refractivity contribution in [3.8, 4) is 11.4 Å². The van der Waals surface area contributed by atoms with E-state index < -0.39 is 5.97 Å². The first-order valence-electron chi connectivity index (χ1n) is 10.9. The third kappa shape index (κ3) is 3.57. The summed E-state index contributed by atoms with van der Waals surface area (Å²) in [7, 11) is 2.99. The van der Waals surface area contributed by atoms with Gasteiger partial charge >= 0.3 is 12.0 Å². The van der Waals surface area contributed by atoms with Crippen molar-refractivity contribution in [1.82, 2.24) is 9.47 Å². The molecule has 3 aromatic rings. The Morgan fingerprint density at radius 2 is 1.82 bits per heavy atom. The number of aromatic nitrogens is 1. The predicted octanol–water partition coefficient (Wildman–Crippen LogP) is 4.22. The van der Waals surface area contributed by atoms with Crippen molar-refractivity contribution in [2.75, 3.05) is 37.9 Å². The molecule has 33 heavy (non-hydrogen) atoms. The van der Waals surface area contributed by atoms with Crippen molar-refractivity contribution in [2.24, 2.45) is 0 Å². The quantitative estimate of drug-likeness (QED) is 0.589. The van der Waals surface area contributed by atoms with Crippen LogP contribution in [-0.2, 0) is 10.3 Å². The lowest BCUT2D eigenvalue weighted by molar-refractivity contribution is 0.0602. The molecule has 8 nitrogen and oxygen atoms in total. The first kappa shape index (κ1) is 20.9. The van der Waals surface area contributed by atoms with Crippen LogP contribution in [0.5, 0.6) is 5.75 Å². The maximum atomic E-state index is 13.0. The molecule has 0 unspecified atom stereocenters. The number of para-hydroxylation sites is 1. The summed E-state index contributed by atoms with van der Waals surface area (Å²) in [5, 5.41) is 6.63. The fourth-order valence-corrected chi connectivity index (χ4v) is 4.80. The number of hydrogen-bond acceptors (Lipinski definition) is 5. The number of fused-ring (bicyclic) bond motifs is 4. The van der Waals surface area contributed by atoms with E-state index in [0.29, 0.717) is 24.3 Å². The number of urea groups is 1. The summed E-state index contributed by atoms with van der Waals surface area (Å²) in [6.45, 7) is 1.15. The number of nitrogens with zero attached hydrogens (tertiary/aromatic N) is 2. The van der Waals surface area contributed by atoms with Crippen LogP contribution in [0.4, 0.5) is 16.2 Å². The number of methoxy groups -OCH3 is 2. The van der Waals surface area contributed by atoms with Gasteiger partial charge in [-0.1, -0.05) is 12.1 Å². The Balaban J connectivity index is 1.34. The summed E-state index contributed by atoms with van der Waals surface area (Å²) < 4.78 is 12.5. The number of esters is 1. The van der Waals surface area contributed by atoms with Crippen LogP contribution in [0.2, 0.25) is 0 Å². The molecule has 5 rings (SSSR count). The Kier molecular flexibility index (Phi) is 5.20.